The van der Waals surface area contributed by atoms with E-state index in [0.717, 1.165) is 23.6 Å². The van der Waals surface area contributed by atoms with E-state index in [1.54, 1.807) is 0 Å². The summed E-state index contributed by atoms with van der Waals surface area (Å²) in [4.78, 5) is 4.50. The van der Waals surface area contributed by atoms with Crippen LogP contribution in [0.5, 0.6) is 5.75 Å². The average molecular weight is 364 g/mol. The van der Waals surface area contributed by atoms with Crippen LogP contribution in [0.2, 0.25) is 0 Å². The first-order valence-electron chi connectivity index (χ1n) is 9.50. The Morgan fingerprint density at radius 1 is 0.714 bits per heavy atom. The summed E-state index contributed by atoms with van der Waals surface area (Å²) in [6.07, 6.45) is 1.84. The van der Waals surface area contributed by atoms with E-state index in [4.69, 9.17) is 4.74 Å². The van der Waals surface area contributed by atoms with E-state index in [1.165, 1.54) is 21.8 Å². The minimum Gasteiger partial charge on any atom is -0.492 e. The summed E-state index contributed by atoms with van der Waals surface area (Å²) in [7, 11) is 0. The highest BCUT2D eigenvalue weighted by Crippen LogP contribution is 2.32. The number of benzene rings is 3. The zero-order valence-corrected chi connectivity index (χ0v) is 15.5. The molecule has 3 aromatic carbocycles. The van der Waals surface area contributed by atoms with Crippen molar-refractivity contribution in [2.45, 2.75) is 6.54 Å². The van der Waals surface area contributed by atoms with Crippen LogP contribution in [0.15, 0.2) is 97.2 Å². The van der Waals surface area contributed by atoms with Crippen LogP contribution >= 0.6 is 0 Å². The first-order valence-corrected chi connectivity index (χ1v) is 9.50. The molecule has 0 saturated carbocycles. The molecule has 2 heterocycles. The van der Waals surface area contributed by atoms with E-state index >= 15 is 0 Å². The number of nitrogens with zero attached hydrogens (tertiary/aromatic N) is 2. The van der Waals surface area contributed by atoms with Gasteiger partial charge in [0.25, 0.3) is 0 Å². The first-order chi connectivity index (χ1) is 13.9. The lowest BCUT2D eigenvalue weighted by Crippen LogP contribution is -2.07. The Morgan fingerprint density at radius 3 is 2.36 bits per heavy atom. The molecule has 0 fully saturated rings. The molecule has 5 aromatic rings. The van der Waals surface area contributed by atoms with Gasteiger partial charge in [-0.05, 0) is 42.5 Å². The van der Waals surface area contributed by atoms with Crippen LogP contribution in [0, 0.1) is 0 Å². The molecule has 3 nitrogen and oxygen atoms in total. The number of rotatable bonds is 5. The van der Waals surface area contributed by atoms with Crippen molar-refractivity contribution in [3.8, 4) is 17.0 Å². The van der Waals surface area contributed by atoms with Gasteiger partial charge in [0.1, 0.15) is 12.4 Å². The molecule has 136 valence electrons. The fourth-order valence-corrected chi connectivity index (χ4v) is 3.76. The van der Waals surface area contributed by atoms with Crippen molar-refractivity contribution >= 4 is 21.8 Å². The van der Waals surface area contributed by atoms with Crippen LogP contribution in [-0.2, 0) is 6.54 Å². The lowest BCUT2D eigenvalue weighted by molar-refractivity contribution is 0.302. The minimum absolute atomic E-state index is 0.625. The molecule has 0 saturated heterocycles. The Labute approximate surface area is 163 Å². The standard InChI is InChI=1S/C25H20N2O/c1-2-8-20(9-3-1)28-17-16-27-24-12-5-4-10-21(24)22-18-19(13-14-25(22)27)23-11-6-7-15-26-23/h1-15,18H,16-17H2. The zero-order chi connectivity index (χ0) is 18.8. The molecule has 0 N–H and O–H groups in total. The lowest BCUT2D eigenvalue weighted by Gasteiger charge is -2.10. The highest BCUT2D eigenvalue weighted by atomic mass is 16.5. The monoisotopic (exact) mass is 364 g/mol. The van der Waals surface area contributed by atoms with Crippen molar-refractivity contribution in [2.24, 2.45) is 0 Å². The molecule has 0 spiro atoms. The summed E-state index contributed by atoms with van der Waals surface area (Å²) in [5.41, 5.74) is 4.58. The van der Waals surface area contributed by atoms with Gasteiger partial charge >= 0.3 is 0 Å². The summed E-state index contributed by atoms with van der Waals surface area (Å²) in [5, 5.41) is 2.51. The second kappa shape index (κ2) is 7.20. The minimum atomic E-state index is 0.625. The van der Waals surface area contributed by atoms with Crippen LogP contribution in [0.3, 0.4) is 0 Å². The molecule has 0 amide bonds. The highest BCUT2D eigenvalue weighted by Gasteiger charge is 2.11. The van der Waals surface area contributed by atoms with Crippen molar-refractivity contribution in [1.29, 1.82) is 0 Å². The molecule has 0 bridgehead atoms. The largest absolute Gasteiger partial charge is 0.492 e. The summed E-state index contributed by atoms with van der Waals surface area (Å²) in [6.45, 7) is 1.42. The molecule has 2 aromatic heterocycles. The van der Waals surface area contributed by atoms with Crippen LogP contribution in [0.1, 0.15) is 0 Å². The van der Waals surface area contributed by atoms with E-state index in [-0.39, 0.29) is 0 Å². The molecular formula is C25H20N2O. The molecule has 5 rings (SSSR count). The third kappa shape index (κ3) is 3.01. The van der Waals surface area contributed by atoms with Crippen molar-refractivity contribution in [3.05, 3.63) is 97.2 Å². The number of hydrogen-bond acceptors (Lipinski definition) is 2. The number of para-hydroxylation sites is 2. The Kier molecular flexibility index (Phi) is 4.26. The molecule has 0 aliphatic heterocycles. The van der Waals surface area contributed by atoms with Gasteiger partial charge in [0.2, 0.25) is 0 Å². The number of pyridine rings is 1. The van der Waals surface area contributed by atoms with Gasteiger partial charge in [0.15, 0.2) is 0 Å². The van der Waals surface area contributed by atoms with Gasteiger partial charge in [-0.2, -0.15) is 0 Å². The fraction of sp³-hybridized carbons (Fsp3) is 0.0800. The third-order valence-corrected chi connectivity index (χ3v) is 5.06. The van der Waals surface area contributed by atoms with Crippen LogP contribution in [0.25, 0.3) is 33.1 Å². The van der Waals surface area contributed by atoms with Crippen molar-refractivity contribution < 1.29 is 4.74 Å². The van der Waals surface area contributed by atoms with E-state index in [2.05, 4.69) is 52.0 Å². The maximum absolute atomic E-state index is 5.94. The average Bonchev–Trinajstić information content (AvgIpc) is 3.08. The molecule has 0 radical (unpaired) electrons. The van der Waals surface area contributed by atoms with Crippen molar-refractivity contribution in [3.63, 3.8) is 0 Å². The van der Waals surface area contributed by atoms with Crippen molar-refractivity contribution in [1.82, 2.24) is 9.55 Å². The lowest BCUT2D eigenvalue weighted by atomic mass is 10.1. The highest BCUT2D eigenvalue weighted by molar-refractivity contribution is 6.09. The van der Waals surface area contributed by atoms with E-state index in [9.17, 15) is 0 Å². The summed E-state index contributed by atoms with van der Waals surface area (Å²) in [6, 6.07) is 31.1. The van der Waals surface area contributed by atoms with Gasteiger partial charge in [0, 0.05) is 33.6 Å². The quantitative estimate of drug-likeness (QED) is 0.386. The molecule has 0 unspecified atom stereocenters. The Balaban J connectivity index is 1.54. The molecule has 0 aliphatic rings. The predicted molar refractivity (Wildman–Crippen MR) is 115 cm³/mol. The fourth-order valence-electron chi connectivity index (χ4n) is 3.76. The smallest absolute Gasteiger partial charge is 0.119 e. The molecule has 28 heavy (non-hydrogen) atoms. The van der Waals surface area contributed by atoms with Crippen LogP contribution in [0.4, 0.5) is 0 Å². The normalized spacial score (nSPS) is 11.1. The molecule has 0 atom stereocenters. The number of fused-ring (bicyclic) bond motifs is 3. The Hall–Kier alpha value is -3.59. The second-order valence-corrected chi connectivity index (χ2v) is 6.78. The SMILES string of the molecule is c1ccc(OCCn2c3ccccc3c3cc(-c4ccccn4)ccc32)cc1. The number of hydrogen-bond donors (Lipinski definition) is 0. The predicted octanol–water partition coefficient (Wildman–Crippen LogP) is 5.94. The number of aromatic nitrogens is 2. The van der Waals surface area contributed by atoms with Gasteiger partial charge < -0.3 is 9.30 Å². The first kappa shape index (κ1) is 16.6. The Bertz CT molecular complexity index is 1230. The summed E-state index contributed by atoms with van der Waals surface area (Å²) in [5.74, 6) is 0.903. The Morgan fingerprint density at radius 2 is 1.50 bits per heavy atom. The van der Waals surface area contributed by atoms with Crippen LogP contribution < -0.4 is 4.74 Å². The van der Waals surface area contributed by atoms with E-state index < -0.39 is 0 Å². The topological polar surface area (TPSA) is 27.1 Å². The van der Waals surface area contributed by atoms with Gasteiger partial charge in [-0.1, -0.05) is 48.5 Å². The summed E-state index contributed by atoms with van der Waals surface area (Å²) >= 11 is 0. The maximum atomic E-state index is 5.94. The van der Waals surface area contributed by atoms with E-state index in [1.807, 2.05) is 54.7 Å². The molecule has 3 heteroatoms. The summed E-state index contributed by atoms with van der Waals surface area (Å²) < 4.78 is 8.28. The molecule has 0 aliphatic carbocycles. The van der Waals surface area contributed by atoms with Crippen molar-refractivity contribution in [2.75, 3.05) is 6.61 Å². The maximum Gasteiger partial charge on any atom is 0.119 e. The molecular weight excluding hydrogens is 344 g/mol. The van der Waals surface area contributed by atoms with Gasteiger partial charge in [-0.3, -0.25) is 4.98 Å². The zero-order valence-electron chi connectivity index (χ0n) is 15.5. The van der Waals surface area contributed by atoms with Gasteiger partial charge in [0.05, 0.1) is 12.2 Å². The van der Waals surface area contributed by atoms with Gasteiger partial charge in [-0.25, -0.2) is 0 Å². The van der Waals surface area contributed by atoms with E-state index in [0.29, 0.717) is 6.61 Å². The number of ether oxygens (including phenoxy) is 1. The van der Waals surface area contributed by atoms with Gasteiger partial charge in [-0.15, -0.1) is 0 Å². The van der Waals surface area contributed by atoms with Crippen LogP contribution in [-0.4, -0.2) is 16.2 Å². The third-order valence-electron chi connectivity index (χ3n) is 5.06. The second-order valence-electron chi connectivity index (χ2n) is 6.78.